The van der Waals surface area contributed by atoms with Crippen LogP contribution in [0.2, 0.25) is 0 Å². The number of aliphatic hydroxyl groups excluding tert-OH is 1. The molecule has 0 aliphatic heterocycles. The van der Waals surface area contributed by atoms with Gasteiger partial charge in [-0.25, -0.2) is 5.48 Å². The van der Waals surface area contributed by atoms with Crippen molar-refractivity contribution in [1.82, 2.24) is 5.48 Å². The van der Waals surface area contributed by atoms with Gasteiger partial charge in [0.25, 0.3) is 0 Å². The van der Waals surface area contributed by atoms with Gasteiger partial charge in [-0.1, -0.05) is 0 Å². The van der Waals surface area contributed by atoms with E-state index < -0.39 is 0 Å². The molecule has 0 rings (SSSR count). The molecule has 0 saturated heterocycles. The predicted octanol–water partition coefficient (Wildman–Crippen LogP) is -0.482. The molecule has 0 aromatic heterocycles. The van der Waals surface area contributed by atoms with Crippen LogP contribution in [0.3, 0.4) is 0 Å². The van der Waals surface area contributed by atoms with Gasteiger partial charge in [-0.3, -0.25) is 0 Å². The van der Waals surface area contributed by atoms with Crippen molar-refractivity contribution in [2.45, 2.75) is 13.0 Å². The second-order valence-electron chi connectivity index (χ2n) is 1.40. The van der Waals surface area contributed by atoms with Gasteiger partial charge in [0.1, 0.15) is 0 Å². The lowest BCUT2D eigenvalue weighted by atomic mass is 10.4. The maximum Gasteiger partial charge on any atom is 0.0659 e. The van der Waals surface area contributed by atoms with E-state index in [-0.39, 0.29) is 6.10 Å². The average molecular weight is 105 g/mol. The summed E-state index contributed by atoms with van der Waals surface area (Å²) in [4.78, 5) is 4.44. The van der Waals surface area contributed by atoms with Crippen molar-refractivity contribution in [1.29, 1.82) is 0 Å². The molecule has 2 N–H and O–H groups in total. The van der Waals surface area contributed by atoms with Crippen molar-refractivity contribution >= 4 is 0 Å². The molecule has 0 unspecified atom stereocenters. The largest absolute Gasteiger partial charge is 0.392 e. The molecule has 0 aliphatic rings. The smallest absolute Gasteiger partial charge is 0.0659 e. The summed E-state index contributed by atoms with van der Waals surface area (Å²) in [7, 11) is 1.52. The molecule has 0 aromatic carbocycles. The minimum absolute atomic E-state index is 0.333. The zero-order chi connectivity index (χ0) is 5.70. The van der Waals surface area contributed by atoms with E-state index in [4.69, 9.17) is 5.11 Å². The summed E-state index contributed by atoms with van der Waals surface area (Å²) in [5.41, 5.74) is 2.50. The van der Waals surface area contributed by atoms with Crippen molar-refractivity contribution in [2.24, 2.45) is 0 Å². The zero-order valence-corrected chi connectivity index (χ0v) is 4.64. The molecule has 44 valence electrons. The third kappa shape index (κ3) is 5.88. The van der Waals surface area contributed by atoms with Crippen molar-refractivity contribution in [3.63, 3.8) is 0 Å². The van der Waals surface area contributed by atoms with Gasteiger partial charge in [0.05, 0.1) is 13.2 Å². The summed E-state index contributed by atoms with van der Waals surface area (Å²) in [6, 6.07) is 0. The van der Waals surface area contributed by atoms with Gasteiger partial charge in [0, 0.05) is 6.54 Å². The molecule has 3 nitrogen and oxygen atoms in total. The van der Waals surface area contributed by atoms with E-state index in [1.54, 1.807) is 6.92 Å². The summed E-state index contributed by atoms with van der Waals surface area (Å²) in [6.45, 7) is 2.17. The Hall–Kier alpha value is -0.120. The molecule has 0 fully saturated rings. The van der Waals surface area contributed by atoms with Crippen molar-refractivity contribution in [3.8, 4) is 0 Å². The lowest BCUT2D eigenvalue weighted by Gasteiger charge is -2.01. The highest BCUT2D eigenvalue weighted by Crippen LogP contribution is 1.71. The Morgan fingerprint density at radius 2 is 2.43 bits per heavy atom. The molecule has 0 aromatic rings. The molecule has 0 aliphatic carbocycles. The van der Waals surface area contributed by atoms with Gasteiger partial charge in [-0.2, -0.15) is 0 Å². The van der Waals surface area contributed by atoms with E-state index in [9.17, 15) is 0 Å². The maximum atomic E-state index is 8.54. The molecule has 0 bridgehead atoms. The lowest BCUT2D eigenvalue weighted by Crippen LogP contribution is -2.22. The van der Waals surface area contributed by atoms with E-state index >= 15 is 0 Å². The molecular weight excluding hydrogens is 94.0 g/mol. The summed E-state index contributed by atoms with van der Waals surface area (Å²) >= 11 is 0. The van der Waals surface area contributed by atoms with Gasteiger partial charge in [-0.05, 0) is 6.92 Å². The summed E-state index contributed by atoms with van der Waals surface area (Å²) in [5, 5.41) is 8.54. The quantitative estimate of drug-likeness (QED) is 0.476. The Bertz CT molecular complexity index is 38.7. The van der Waals surface area contributed by atoms with E-state index in [0.717, 1.165) is 0 Å². The molecule has 0 radical (unpaired) electrons. The number of hydrogen-bond acceptors (Lipinski definition) is 3. The molecule has 0 saturated carbocycles. The van der Waals surface area contributed by atoms with Gasteiger partial charge < -0.3 is 9.94 Å². The van der Waals surface area contributed by atoms with Crippen LogP contribution >= 0.6 is 0 Å². The van der Waals surface area contributed by atoms with Crippen LogP contribution in [0.4, 0.5) is 0 Å². The van der Waals surface area contributed by atoms with Crippen molar-refractivity contribution in [2.75, 3.05) is 13.7 Å². The number of hydroxylamine groups is 1. The van der Waals surface area contributed by atoms with Crippen LogP contribution in [0, 0.1) is 0 Å². The SMILES string of the molecule is CONC[C@H](C)O. The Morgan fingerprint density at radius 3 is 2.57 bits per heavy atom. The topological polar surface area (TPSA) is 41.5 Å². The van der Waals surface area contributed by atoms with Crippen LogP contribution in [-0.2, 0) is 4.84 Å². The van der Waals surface area contributed by atoms with Crippen molar-refractivity contribution in [3.05, 3.63) is 0 Å². The Balaban J connectivity index is 2.68. The fourth-order valence-corrected chi connectivity index (χ4v) is 0.204. The fourth-order valence-electron chi connectivity index (χ4n) is 0.204. The van der Waals surface area contributed by atoms with Gasteiger partial charge in [0.2, 0.25) is 0 Å². The summed E-state index contributed by atoms with van der Waals surface area (Å²) in [6.07, 6.45) is -0.333. The number of hydrogen-bond donors (Lipinski definition) is 2. The molecule has 0 spiro atoms. The second-order valence-corrected chi connectivity index (χ2v) is 1.40. The first kappa shape index (κ1) is 6.88. The standard InChI is InChI=1S/C4H11NO2/c1-4(6)3-5-7-2/h4-6H,3H2,1-2H3/t4-/m0/s1. The molecule has 3 heteroatoms. The first-order valence-corrected chi connectivity index (χ1v) is 2.21. The minimum atomic E-state index is -0.333. The number of rotatable bonds is 3. The third-order valence-electron chi connectivity index (χ3n) is 0.523. The van der Waals surface area contributed by atoms with E-state index in [1.165, 1.54) is 7.11 Å². The van der Waals surface area contributed by atoms with Crippen LogP contribution < -0.4 is 5.48 Å². The average Bonchev–Trinajstić information content (AvgIpc) is 1.61. The van der Waals surface area contributed by atoms with Gasteiger partial charge >= 0.3 is 0 Å². The van der Waals surface area contributed by atoms with Crippen LogP contribution in [0.1, 0.15) is 6.92 Å². The van der Waals surface area contributed by atoms with Gasteiger partial charge in [-0.15, -0.1) is 0 Å². The van der Waals surface area contributed by atoms with Crippen LogP contribution in [0.5, 0.6) is 0 Å². The van der Waals surface area contributed by atoms with Gasteiger partial charge in [0.15, 0.2) is 0 Å². The molecule has 0 heterocycles. The number of aliphatic hydroxyl groups is 1. The highest BCUT2D eigenvalue weighted by Gasteiger charge is 1.89. The Labute approximate surface area is 43.2 Å². The third-order valence-corrected chi connectivity index (χ3v) is 0.523. The fraction of sp³-hybridized carbons (Fsp3) is 1.00. The minimum Gasteiger partial charge on any atom is -0.392 e. The Morgan fingerprint density at radius 1 is 1.86 bits per heavy atom. The maximum absolute atomic E-state index is 8.54. The monoisotopic (exact) mass is 105 g/mol. The Kier molecular flexibility index (Phi) is 3.98. The molecule has 0 amide bonds. The zero-order valence-electron chi connectivity index (χ0n) is 4.64. The molecule has 1 atom stereocenters. The lowest BCUT2D eigenvalue weighted by molar-refractivity contribution is 0.0558. The summed E-state index contributed by atoms with van der Waals surface area (Å²) in [5.74, 6) is 0. The first-order chi connectivity index (χ1) is 3.27. The van der Waals surface area contributed by atoms with E-state index in [2.05, 4.69) is 10.3 Å². The molecular formula is C4H11NO2. The van der Waals surface area contributed by atoms with Crippen LogP contribution in [0.15, 0.2) is 0 Å². The van der Waals surface area contributed by atoms with Crippen molar-refractivity contribution < 1.29 is 9.94 Å². The van der Waals surface area contributed by atoms with Crippen LogP contribution in [0.25, 0.3) is 0 Å². The second kappa shape index (κ2) is 4.05. The van der Waals surface area contributed by atoms with Crippen LogP contribution in [-0.4, -0.2) is 24.9 Å². The highest BCUT2D eigenvalue weighted by molar-refractivity contribution is 4.42. The summed E-state index contributed by atoms with van der Waals surface area (Å²) < 4.78 is 0. The first-order valence-electron chi connectivity index (χ1n) is 2.21. The highest BCUT2D eigenvalue weighted by atomic mass is 16.6. The van der Waals surface area contributed by atoms with E-state index in [1.807, 2.05) is 0 Å². The van der Waals surface area contributed by atoms with E-state index in [0.29, 0.717) is 6.54 Å². The molecule has 7 heavy (non-hydrogen) atoms. The predicted molar refractivity (Wildman–Crippen MR) is 26.7 cm³/mol. The number of nitrogens with one attached hydrogen (secondary N) is 1. The normalized spacial score (nSPS) is 14.1.